The van der Waals surface area contributed by atoms with Gasteiger partial charge in [-0.3, -0.25) is 53.1 Å². The summed E-state index contributed by atoms with van der Waals surface area (Å²) in [5.74, 6) is -12.1. The van der Waals surface area contributed by atoms with E-state index in [1.54, 1.807) is 27.7 Å². The first kappa shape index (κ1) is 67.2. The Morgan fingerprint density at radius 2 is 0.935 bits per heavy atom. The van der Waals surface area contributed by atoms with Crippen molar-refractivity contribution in [2.75, 3.05) is 19.7 Å². The number of nitrogens with zero attached hydrogens (tertiary/aromatic N) is 2. The van der Waals surface area contributed by atoms with Gasteiger partial charge >= 0.3 is 11.9 Å². The summed E-state index contributed by atoms with van der Waals surface area (Å²) in [6.07, 6.45) is -0.796. The highest BCUT2D eigenvalue weighted by molar-refractivity contribution is 5.99. The predicted molar refractivity (Wildman–Crippen MR) is 281 cm³/mol. The van der Waals surface area contributed by atoms with Crippen LogP contribution in [0.5, 0.6) is 5.75 Å². The molecule has 0 heterocycles. The summed E-state index contributed by atoms with van der Waals surface area (Å²) < 4.78 is 0. The first-order chi connectivity index (χ1) is 35.9. The van der Waals surface area contributed by atoms with E-state index in [1.807, 2.05) is 0 Å². The monoisotopic (exact) mass is 1090 g/mol. The van der Waals surface area contributed by atoms with Crippen molar-refractivity contribution >= 4 is 71.1 Å². The van der Waals surface area contributed by atoms with Crippen LogP contribution in [-0.4, -0.2) is 166 Å². The van der Waals surface area contributed by atoms with E-state index in [2.05, 4.69) is 52.5 Å². The lowest BCUT2D eigenvalue weighted by Crippen LogP contribution is -2.61. The predicted octanol–water partition coefficient (Wildman–Crippen LogP) is -4.43. The number of guanidine groups is 2. The van der Waals surface area contributed by atoms with E-state index in [9.17, 15) is 68.4 Å². The highest BCUT2D eigenvalue weighted by Gasteiger charge is 2.36. The van der Waals surface area contributed by atoms with Gasteiger partial charge < -0.3 is 91.6 Å². The standard InChI is InChI=1S/C48H81N15O14/c1-23(2)18-31(58-39(69)29(49)10-8-16-54-47(50)51)41(71)56-26(7)38(68)62-35(22-64)45(75)60-33(20-27-12-14-28(65)15-13-27)43(73)59-32(19-24(3)4)42(72)61-34(21-36(66)67)44(74)57-30(11-9-17-55-48(52)53)40(70)63-37(25(5)6)46(76)77/h12-15,23-26,29-35,37,64-65H,8-11,16-22,49H2,1-7H3,(H,56,71)(H,57,74)(H,58,69)(H,59,73)(H,60,75)(H,61,72)(H,62,68)(H,63,70)(H,66,67)(H,76,77)(H4,50,51,54)(H4,52,53,55)/t26-,29-,30-,31-,32-,33-,34-,35-,37-/m0/s1. The highest BCUT2D eigenvalue weighted by atomic mass is 16.4. The number of aromatic hydroxyl groups is 1. The third-order valence-corrected chi connectivity index (χ3v) is 11.4. The molecule has 1 aromatic carbocycles. The van der Waals surface area contributed by atoms with E-state index in [4.69, 9.17) is 28.7 Å². The molecule has 1 rings (SSSR count). The van der Waals surface area contributed by atoms with Gasteiger partial charge in [0.25, 0.3) is 0 Å². The minimum atomic E-state index is -1.87. The molecule has 0 saturated heterocycles. The number of carboxylic acid groups (broad SMARTS) is 2. The van der Waals surface area contributed by atoms with Crippen molar-refractivity contribution in [2.45, 2.75) is 154 Å². The Labute approximate surface area is 446 Å². The third kappa shape index (κ3) is 26.5. The number of hydrogen-bond acceptors (Lipinski definition) is 15. The summed E-state index contributed by atoms with van der Waals surface area (Å²) in [6, 6.07) is -7.57. The van der Waals surface area contributed by atoms with E-state index in [0.29, 0.717) is 12.0 Å². The molecule has 0 saturated carbocycles. The lowest BCUT2D eigenvalue weighted by atomic mass is 10.00. The number of phenolic OH excluding ortho intramolecular Hbond substituents is 1. The molecule has 22 N–H and O–H groups in total. The molecule has 432 valence electrons. The molecule has 0 spiro atoms. The molecule has 0 aliphatic carbocycles. The van der Waals surface area contributed by atoms with E-state index in [0.717, 1.165) is 0 Å². The molecule has 0 aromatic heterocycles. The molecule has 77 heavy (non-hydrogen) atoms. The fourth-order valence-electron chi connectivity index (χ4n) is 7.30. The number of aliphatic carboxylic acids is 2. The molecule has 29 heteroatoms. The summed E-state index contributed by atoms with van der Waals surface area (Å²) in [6.45, 7) is 10.5. The number of carbonyl (C=O) groups is 10. The Morgan fingerprint density at radius 1 is 0.519 bits per heavy atom. The van der Waals surface area contributed by atoms with Gasteiger partial charge in [0, 0.05) is 19.5 Å². The fraction of sp³-hybridized carbons (Fsp3) is 0.625. The number of aliphatic hydroxyl groups excluding tert-OH is 1. The van der Waals surface area contributed by atoms with Gasteiger partial charge in [-0.1, -0.05) is 53.7 Å². The number of carbonyl (C=O) groups excluding carboxylic acids is 8. The highest BCUT2D eigenvalue weighted by Crippen LogP contribution is 2.14. The first-order valence-electron chi connectivity index (χ1n) is 25.1. The van der Waals surface area contributed by atoms with Crippen LogP contribution in [0.2, 0.25) is 0 Å². The number of phenols is 1. The second-order valence-corrected chi connectivity index (χ2v) is 19.6. The van der Waals surface area contributed by atoms with Gasteiger partial charge in [-0.15, -0.1) is 0 Å². The lowest BCUT2D eigenvalue weighted by Gasteiger charge is -2.28. The smallest absolute Gasteiger partial charge is 0.326 e. The molecular formula is C48H81N15O14. The molecule has 0 fully saturated rings. The number of aliphatic hydroxyl groups is 1. The molecule has 0 aliphatic heterocycles. The van der Waals surface area contributed by atoms with Crippen molar-refractivity contribution in [3.05, 3.63) is 29.8 Å². The van der Waals surface area contributed by atoms with Crippen LogP contribution in [0.15, 0.2) is 34.3 Å². The van der Waals surface area contributed by atoms with Crippen molar-refractivity contribution in [1.29, 1.82) is 0 Å². The Morgan fingerprint density at radius 3 is 1.42 bits per heavy atom. The zero-order valence-corrected chi connectivity index (χ0v) is 44.7. The van der Waals surface area contributed by atoms with Crippen molar-refractivity contribution in [3.8, 4) is 5.75 Å². The average molecular weight is 1090 g/mol. The van der Waals surface area contributed by atoms with E-state index in [-0.39, 0.29) is 81.1 Å². The number of hydrogen-bond donors (Lipinski definition) is 17. The van der Waals surface area contributed by atoms with Crippen molar-refractivity contribution in [3.63, 3.8) is 0 Å². The number of amides is 8. The molecule has 8 amide bonds. The number of aliphatic imine (C=N–C) groups is 2. The van der Waals surface area contributed by atoms with E-state index >= 15 is 0 Å². The Kier molecular flexibility index (Phi) is 29.6. The summed E-state index contributed by atoms with van der Waals surface area (Å²) >= 11 is 0. The maximum absolute atomic E-state index is 14.2. The summed E-state index contributed by atoms with van der Waals surface area (Å²) in [7, 11) is 0. The molecule has 0 radical (unpaired) electrons. The molecule has 0 aliphatic rings. The zero-order chi connectivity index (χ0) is 58.7. The summed E-state index contributed by atoms with van der Waals surface area (Å²) in [5, 5.41) is 59.2. The molecular weight excluding hydrogens is 1010 g/mol. The Bertz CT molecular complexity index is 2220. The van der Waals surface area contributed by atoms with Crippen LogP contribution in [0.1, 0.15) is 99.0 Å². The van der Waals surface area contributed by atoms with Gasteiger partial charge in [0.15, 0.2) is 11.9 Å². The number of nitrogens with two attached hydrogens (primary N) is 5. The normalized spacial score (nSPS) is 14.6. The lowest BCUT2D eigenvalue weighted by molar-refractivity contribution is -0.144. The number of carboxylic acids is 2. The largest absolute Gasteiger partial charge is 0.508 e. The van der Waals surface area contributed by atoms with Gasteiger partial charge in [0.1, 0.15) is 54.1 Å². The molecule has 1 aromatic rings. The zero-order valence-electron chi connectivity index (χ0n) is 44.7. The van der Waals surface area contributed by atoms with Crippen LogP contribution in [0.3, 0.4) is 0 Å². The number of nitrogens with one attached hydrogen (secondary N) is 8. The molecule has 9 atom stereocenters. The maximum atomic E-state index is 14.2. The van der Waals surface area contributed by atoms with Gasteiger partial charge in [-0.05, 0) is 80.9 Å². The second-order valence-electron chi connectivity index (χ2n) is 19.6. The van der Waals surface area contributed by atoms with Gasteiger partial charge in [0.2, 0.25) is 47.3 Å². The first-order valence-corrected chi connectivity index (χ1v) is 25.1. The van der Waals surface area contributed by atoms with Crippen LogP contribution in [0, 0.1) is 17.8 Å². The van der Waals surface area contributed by atoms with E-state index < -0.39 is 133 Å². The van der Waals surface area contributed by atoms with Crippen LogP contribution in [-0.2, 0) is 54.4 Å². The van der Waals surface area contributed by atoms with Crippen LogP contribution in [0.25, 0.3) is 0 Å². The van der Waals surface area contributed by atoms with Gasteiger partial charge in [-0.25, -0.2) is 4.79 Å². The van der Waals surface area contributed by atoms with Crippen molar-refractivity contribution in [2.24, 2.45) is 56.4 Å². The number of rotatable bonds is 35. The van der Waals surface area contributed by atoms with Crippen LogP contribution in [0.4, 0.5) is 0 Å². The second kappa shape index (κ2) is 34.0. The maximum Gasteiger partial charge on any atom is 0.326 e. The van der Waals surface area contributed by atoms with E-state index in [1.165, 1.54) is 45.0 Å². The minimum absolute atomic E-state index is 0.00595. The van der Waals surface area contributed by atoms with Crippen LogP contribution >= 0.6 is 0 Å². The average Bonchev–Trinajstić information content (AvgIpc) is 3.33. The van der Waals surface area contributed by atoms with Gasteiger partial charge in [0.05, 0.1) is 19.1 Å². The third-order valence-electron chi connectivity index (χ3n) is 11.4. The quantitative estimate of drug-likeness (QED) is 0.0173. The number of benzene rings is 1. The summed E-state index contributed by atoms with van der Waals surface area (Å²) in [5.41, 5.74) is 27.8. The topological polar surface area (TPSA) is 503 Å². The van der Waals surface area contributed by atoms with Crippen molar-refractivity contribution in [1.82, 2.24) is 42.5 Å². The fourth-order valence-corrected chi connectivity index (χ4v) is 7.30. The minimum Gasteiger partial charge on any atom is -0.508 e. The van der Waals surface area contributed by atoms with Crippen molar-refractivity contribution < 1.29 is 68.4 Å². The Balaban J connectivity index is 3.43. The van der Waals surface area contributed by atoms with Crippen LogP contribution < -0.4 is 71.2 Å². The SMILES string of the molecule is CC(C)C[C@H](NC(=O)[C@H](Cc1ccc(O)cc1)NC(=O)[C@H](CO)NC(=O)[C@H](C)NC(=O)[C@H](CC(C)C)NC(=O)[C@@H](N)CCCN=C(N)N)C(=O)N[C@@H](CC(=O)O)C(=O)N[C@@H](CCCN=C(N)N)C(=O)N[C@H](C(=O)O)C(C)C. The Hall–Kier alpha value is -7.82. The van der Waals surface area contributed by atoms with Gasteiger partial charge in [-0.2, -0.15) is 0 Å². The molecule has 29 nitrogen and oxygen atoms in total. The molecule has 0 bridgehead atoms. The summed E-state index contributed by atoms with van der Waals surface area (Å²) in [4.78, 5) is 141. The molecule has 0 unspecified atom stereocenters.